The number of nitrogens with one attached hydrogen (secondary N) is 2. The van der Waals surface area contributed by atoms with Crippen molar-refractivity contribution in [2.45, 2.75) is 52.1 Å². The molecule has 1 aliphatic heterocycles. The summed E-state index contributed by atoms with van der Waals surface area (Å²) in [4.78, 5) is 44.5. The molecule has 0 radical (unpaired) electrons. The minimum absolute atomic E-state index is 0.0144. The number of fused-ring (bicyclic) bond motifs is 3. The maximum absolute atomic E-state index is 14.0. The maximum Gasteiger partial charge on any atom is 0.245 e. The smallest absolute Gasteiger partial charge is 0.245 e. The molecular formula is C37H46N4O6. The van der Waals surface area contributed by atoms with Gasteiger partial charge in [0.2, 0.25) is 23.0 Å². The van der Waals surface area contributed by atoms with Crippen molar-refractivity contribution in [2.75, 3.05) is 57.7 Å². The summed E-state index contributed by atoms with van der Waals surface area (Å²) in [5.41, 5.74) is 4.34. The number of carbonyl (C=O) groups is 2. The summed E-state index contributed by atoms with van der Waals surface area (Å²) in [5.74, 6) is 1.23. The van der Waals surface area contributed by atoms with Crippen LogP contribution < -0.4 is 35.2 Å². The quantitative estimate of drug-likeness (QED) is 0.317. The van der Waals surface area contributed by atoms with Crippen molar-refractivity contribution in [2.24, 2.45) is 5.92 Å². The van der Waals surface area contributed by atoms with E-state index in [1.807, 2.05) is 49.1 Å². The number of hydrogen-bond acceptors (Lipinski definition) is 8. The van der Waals surface area contributed by atoms with Crippen molar-refractivity contribution in [3.8, 4) is 28.4 Å². The number of amides is 2. The Morgan fingerprint density at radius 3 is 2.26 bits per heavy atom. The van der Waals surface area contributed by atoms with E-state index in [1.165, 1.54) is 6.92 Å². The monoisotopic (exact) mass is 642 g/mol. The number of methoxy groups -OCH3 is 3. The van der Waals surface area contributed by atoms with Crippen LogP contribution in [0.2, 0.25) is 0 Å². The predicted molar refractivity (Wildman–Crippen MR) is 185 cm³/mol. The molecule has 1 saturated heterocycles. The number of hydrogen-bond donors (Lipinski definition) is 2. The average molecular weight is 643 g/mol. The molecule has 1 aliphatic carbocycles. The van der Waals surface area contributed by atoms with Crippen molar-refractivity contribution in [3.05, 3.63) is 75.9 Å². The lowest BCUT2D eigenvalue weighted by molar-refractivity contribution is -0.133. The summed E-state index contributed by atoms with van der Waals surface area (Å²) in [7, 11) is 4.71. The van der Waals surface area contributed by atoms with Crippen LogP contribution in [-0.2, 0) is 16.0 Å². The number of aryl methyl sites for hydroxylation is 1. The van der Waals surface area contributed by atoms with E-state index in [9.17, 15) is 14.4 Å². The molecule has 10 nitrogen and oxygen atoms in total. The van der Waals surface area contributed by atoms with Crippen LogP contribution in [-0.4, -0.2) is 70.3 Å². The molecule has 3 aromatic rings. The first kappa shape index (κ1) is 33.6. The molecule has 250 valence electrons. The Hall–Kier alpha value is -4.73. The highest BCUT2D eigenvalue weighted by Gasteiger charge is 2.33. The summed E-state index contributed by atoms with van der Waals surface area (Å²) in [6.07, 6.45) is 1.93. The second-order valence-corrected chi connectivity index (χ2v) is 12.3. The highest BCUT2D eigenvalue weighted by molar-refractivity contribution is 5.86. The molecule has 47 heavy (non-hydrogen) atoms. The van der Waals surface area contributed by atoms with Gasteiger partial charge >= 0.3 is 0 Å². The lowest BCUT2D eigenvalue weighted by Crippen LogP contribution is -2.54. The van der Waals surface area contributed by atoms with Gasteiger partial charge < -0.3 is 34.6 Å². The van der Waals surface area contributed by atoms with E-state index in [-0.39, 0.29) is 23.2 Å². The maximum atomic E-state index is 14.0. The van der Waals surface area contributed by atoms with Gasteiger partial charge in [0.05, 0.1) is 33.1 Å². The largest absolute Gasteiger partial charge is 0.493 e. The highest BCUT2D eigenvalue weighted by Crippen LogP contribution is 2.50. The number of ether oxygens (including phenoxy) is 3. The lowest BCUT2D eigenvalue weighted by atomic mass is 9.95. The van der Waals surface area contributed by atoms with Gasteiger partial charge in [-0.3, -0.25) is 14.4 Å². The van der Waals surface area contributed by atoms with Gasteiger partial charge in [0.15, 0.2) is 11.5 Å². The zero-order valence-corrected chi connectivity index (χ0v) is 28.2. The Morgan fingerprint density at radius 2 is 1.64 bits per heavy atom. The van der Waals surface area contributed by atoms with Crippen LogP contribution in [0.1, 0.15) is 50.8 Å². The van der Waals surface area contributed by atoms with Crippen LogP contribution in [0.5, 0.6) is 17.2 Å². The predicted octanol–water partition coefficient (Wildman–Crippen LogP) is 5.04. The van der Waals surface area contributed by atoms with Gasteiger partial charge in [0.1, 0.15) is 6.04 Å². The number of benzene rings is 2. The molecule has 0 spiro atoms. The Labute approximate surface area is 277 Å². The summed E-state index contributed by atoms with van der Waals surface area (Å²) in [6, 6.07) is 16.4. The van der Waals surface area contributed by atoms with Crippen LogP contribution in [0.4, 0.5) is 11.4 Å². The standard InChI is InChI=1S/C37H46N4O6/c1-7-23(2)34(37(44)41-19-17-40(18-20-41)26-11-9-8-10-12-26)39-30-16-14-27-28(22-31(30)43)29(38-24(3)42)15-13-25-21-32(45-4)35(46-5)36(47-6)33(25)27/h8-12,14,16,21-23,29,34H,7,13,15,17-20H2,1-6H3,(H,38,42)(H,39,43)/t23-,29+,34+/m1/s1. The van der Waals surface area contributed by atoms with E-state index >= 15 is 0 Å². The Morgan fingerprint density at radius 1 is 0.936 bits per heavy atom. The van der Waals surface area contributed by atoms with E-state index in [1.54, 1.807) is 33.5 Å². The molecule has 2 aliphatic rings. The summed E-state index contributed by atoms with van der Waals surface area (Å²) in [5, 5.41) is 6.41. The molecule has 0 unspecified atom stereocenters. The number of carbonyl (C=O) groups excluding carboxylic acids is 2. The fourth-order valence-corrected chi connectivity index (χ4v) is 6.70. The second kappa shape index (κ2) is 14.8. The normalized spacial score (nSPS) is 16.9. The van der Waals surface area contributed by atoms with E-state index in [0.717, 1.165) is 41.9 Å². The fraction of sp³-hybridized carbons (Fsp3) is 0.432. The SMILES string of the molecule is CC[C@@H](C)[C@H](Nc1ccc2c(cc1=O)[C@@H](NC(C)=O)CCc1cc(OC)c(OC)c(OC)c1-2)C(=O)N1CCN(c2ccccc2)CC1. The number of nitrogens with zero attached hydrogens (tertiary/aromatic N) is 2. The highest BCUT2D eigenvalue weighted by atomic mass is 16.5. The van der Waals surface area contributed by atoms with Gasteiger partial charge in [-0.25, -0.2) is 0 Å². The van der Waals surface area contributed by atoms with Gasteiger partial charge in [0, 0.05) is 44.4 Å². The molecule has 2 amide bonds. The zero-order valence-electron chi connectivity index (χ0n) is 28.2. The van der Waals surface area contributed by atoms with Gasteiger partial charge in [-0.2, -0.15) is 0 Å². The first-order valence-corrected chi connectivity index (χ1v) is 16.3. The van der Waals surface area contributed by atoms with Crippen molar-refractivity contribution in [1.29, 1.82) is 0 Å². The molecule has 3 atom stereocenters. The third-order valence-electron chi connectivity index (χ3n) is 9.42. The van der Waals surface area contributed by atoms with E-state index < -0.39 is 12.1 Å². The van der Waals surface area contributed by atoms with E-state index in [0.29, 0.717) is 54.4 Å². The van der Waals surface area contributed by atoms with E-state index in [4.69, 9.17) is 14.2 Å². The average Bonchev–Trinajstić information content (AvgIpc) is 3.33. The molecule has 2 N–H and O–H groups in total. The number of anilines is 2. The second-order valence-electron chi connectivity index (χ2n) is 12.3. The lowest BCUT2D eigenvalue weighted by Gasteiger charge is -2.38. The van der Waals surface area contributed by atoms with Crippen molar-refractivity contribution >= 4 is 23.2 Å². The summed E-state index contributed by atoms with van der Waals surface area (Å²) >= 11 is 0. The third kappa shape index (κ3) is 7.01. The number of para-hydroxylation sites is 1. The van der Waals surface area contributed by atoms with Crippen LogP contribution in [0, 0.1) is 5.92 Å². The van der Waals surface area contributed by atoms with Crippen LogP contribution in [0.3, 0.4) is 0 Å². The number of piperazine rings is 1. The molecule has 0 saturated carbocycles. The first-order chi connectivity index (χ1) is 22.7. The third-order valence-corrected chi connectivity index (χ3v) is 9.42. The molecule has 1 heterocycles. The van der Waals surface area contributed by atoms with Gasteiger partial charge in [0.25, 0.3) is 0 Å². The van der Waals surface area contributed by atoms with Gasteiger partial charge in [-0.05, 0) is 65.8 Å². The molecule has 3 aromatic carbocycles. The Balaban J connectivity index is 1.53. The van der Waals surface area contributed by atoms with Crippen LogP contribution in [0.25, 0.3) is 11.1 Å². The summed E-state index contributed by atoms with van der Waals surface area (Å²) < 4.78 is 17.2. The van der Waals surface area contributed by atoms with Gasteiger partial charge in [-0.15, -0.1) is 0 Å². The van der Waals surface area contributed by atoms with Crippen molar-refractivity contribution < 1.29 is 23.8 Å². The summed E-state index contributed by atoms with van der Waals surface area (Å²) in [6.45, 7) is 8.24. The molecular weight excluding hydrogens is 596 g/mol. The van der Waals surface area contributed by atoms with Crippen LogP contribution >= 0.6 is 0 Å². The molecule has 10 heteroatoms. The molecule has 5 rings (SSSR count). The molecule has 1 fully saturated rings. The topological polar surface area (TPSA) is 109 Å². The van der Waals surface area contributed by atoms with E-state index in [2.05, 4.69) is 27.7 Å². The molecule has 0 bridgehead atoms. The van der Waals surface area contributed by atoms with Crippen LogP contribution in [0.15, 0.2) is 59.4 Å². The fourth-order valence-electron chi connectivity index (χ4n) is 6.70. The Bertz CT molecular complexity index is 1660. The van der Waals surface area contributed by atoms with Crippen molar-refractivity contribution in [3.63, 3.8) is 0 Å². The zero-order chi connectivity index (χ0) is 33.7. The minimum atomic E-state index is -0.587. The number of rotatable bonds is 10. The van der Waals surface area contributed by atoms with Crippen molar-refractivity contribution in [1.82, 2.24) is 10.2 Å². The molecule has 0 aromatic heterocycles. The van der Waals surface area contributed by atoms with Gasteiger partial charge in [-0.1, -0.05) is 44.5 Å². The minimum Gasteiger partial charge on any atom is -0.493 e. The Kier molecular flexibility index (Phi) is 10.6. The first-order valence-electron chi connectivity index (χ1n) is 16.3.